The summed E-state index contributed by atoms with van der Waals surface area (Å²) >= 11 is 1.98. The Morgan fingerprint density at radius 3 is 1.95 bits per heavy atom. The first-order chi connectivity index (χ1) is 20.3. The van der Waals surface area contributed by atoms with Crippen LogP contribution in [0.25, 0.3) is 42.7 Å². The van der Waals surface area contributed by atoms with E-state index in [2.05, 4.69) is 64.6 Å². The summed E-state index contributed by atoms with van der Waals surface area (Å²) in [6, 6.07) is 37.9. The standard InChI is InChI=1S/C27H24NS.C11H8N.Ir/c1-2-10-28-24(9-1)22-7-3-5-20-21-6-4-8-23(27(21)29-26(20)22)25-18-12-16-11-17(14-18)15-19(25)13-16;1-2-6-10(7-3-1)11-8-4-5-9-12-11;/h1-6,8-10,16-19,25H,11-15H2;1-6,8-9H;/q2*-1;. The molecule has 4 bridgehead atoms. The Balaban J connectivity index is 0.000000188. The molecule has 1 radical (unpaired) electrons. The van der Waals surface area contributed by atoms with E-state index in [1.54, 1.807) is 11.8 Å². The molecule has 3 aromatic heterocycles. The monoisotopic (exact) mass is 741 g/mol. The number of pyridine rings is 2. The molecule has 211 valence electrons. The number of hydrogen-bond acceptors (Lipinski definition) is 3. The zero-order valence-electron chi connectivity index (χ0n) is 23.4. The third kappa shape index (κ3) is 5.04. The van der Waals surface area contributed by atoms with Gasteiger partial charge in [0.25, 0.3) is 0 Å². The van der Waals surface area contributed by atoms with Crippen LogP contribution in [-0.4, -0.2) is 9.97 Å². The molecule has 4 aliphatic rings. The van der Waals surface area contributed by atoms with Crippen molar-refractivity contribution >= 4 is 31.5 Å². The van der Waals surface area contributed by atoms with Crippen LogP contribution < -0.4 is 0 Å². The molecule has 4 heteroatoms. The van der Waals surface area contributed by atoms with Crippen LogP contribution >= 0.6 is 11.3 Å². The molecule has 0 atom stereocenters. The zero-order valence-corrected chi connectivity index (χ0v) is 26.6. The molecule has 2 nitrogen and oxygen atoms in total. The van der Waals surface area contributed by atoms with Gasteiger partial charge < -0.3 is 9.97 Å². The maximum Gasteiger partial charge on any atom is 0.0274 e. The Morgan fingerprint density at radius 1 is 0.595 bits per heavy atom. The molecule has 4 aliphatic carbocycles. The molecule has 3 heterocycles. The molecular weight excluding hydrogens is 709 g/mol. The fourth-order valence-corrected chi connectivity index (χ4v) is 9.62. The average molecular weight is 741 g/mol. The first-order valence-corrected chi connectivity index (χ1v) is 15.8. The Morgan fingerprint density at radius 2 is 1.29 bits per heavy atom. The molecule has 0 saturated heterocycles. The van der Waals surface area contributed by atoms with Crippen molar-refractivity contribution in [2.45, 2.75) is 38.0 Å². The summed E-state index contributed by atoms with van der Waals surface area (Å²) in [4.78, 5) is 8.83. The molecule has 4 saturated carbocycles. The third-order valence-electron chi connectivity index (χ3n) is 9.65. The number of hydrogen-bond donors (Lipinski definition) is 0. The van der Waals surface area contributed by atoms with Gasteiger partial charge in [-0.15, -0.1) is 59.7 Å². The molecule has 0 unspecified atom stereocenters. The van der Waals surface area contributed by atoms with Gasteiger partial charge in [0.1, 0.15) is 0 Å². The van der Waals surface area contributed by atoms with E-state index >= 15 is 0 Å². The summed E-state index contributed by atoms with van der Waals surface area (Å²) in [5, 5.41) is 2.80. The Kier molecular flexibility index (Phi) is 7.80. The molecule has 4 fully saturated rings. The Bertz CT molecular complexity index is 1730. The van der Waals surface area contributed by atoms with E-state index in [1.807, 2.05) is 66.1 Å². The van der Waals surface area contributed by atoms with Crippen molar-refractivity contribution in [2.75, 3.05) is 0 Å². The SMILES string of the molecule is [Ir].[c-]1ccc2c(sc3c(C4C5CC6CC(C5)CC4C6)cccc32)c1-c1ccccn1.[c-]1ccccc1-c1ccccn1. The number of benzene rings is 3. The second-order valence-electron chi connectivity index (χ2n) is 12.1. The van der Waals surface area contributed by atoms with Crippen LogP contribution in [-0.2, 0) is 20.1 Å². The summed E-state index contributed by atoms with van der Waals surface area (Å²) < 4.78 is 2.87. The number of nitrogens with zero attached hydrogens (tertiary/aromatic N) is 2. The van der Waals surface area contributed by atoms with Crippen LogP contribution in [0.5, 0.6) is 0 Å². The fraction of sp³-hybridized carbons (Fsp3) is 0.263. The molecule has 0 aliphatic heterocycles. The van der Waals surface area contributed by atoms with E-state index in [0.717, 1.165) is 52.1 Å². The van der Waals surface area contributed by atoms with Gasteiger partial charge in [-0.3, -0.25) is 0 Å². The minimum atomic E-state index is 0. The number of aromatic nitrogens is 2. The van der Waals surface area contributed by atoms with E-state index in [9.17, 15) is 0 Å². The Labute approximate surface area is 265 Å². The smallest absolute Gasteiger partial charge is 0.0274 e. The predicted octanol–water partition coefficient (Wildman–Crippen LogP) is 10.0. The van der Waals surface area contributed by atoms with Crippen molar-refractivity contribution < 1.29 is 20.1 Å². The summed E-state index contributed by atoms with van der Waals surface area (Å²) in [5.41, 5.74) is 5.84. The van der Waals surface area contributed by atoms with Gasteiger partial charge in [0.15, 0.2) is 0 Å². The van der Waals surface area contributed by atoms with Crippen molar-refractivity contribution in [3.63, 3.8) is 0 Å². The summed E-state index contributed by atoms with van der Waals surface area (Å²) in [6.07, 6.45) is 11.1. The maximum absolute atomic E-state index is 4.62. The van der Waals surface area contributed by atoms with E-state index < -0.39 is 0 Å². The maximum atomic E-state index is 4.62. The summed E-state index contributed by atoms with van der Waals surface area (Å²) in [6.45, 7) is 0. The predicted molar refractivity (Wildman–Crippen MR) is 170 cm³/mol. The van der Waals surface area contributed by atoms with Crippen molar-refractivity contribution in [2.24, 2.45) is 23.7 Å². The molecule has 0 spiro atoms. The van der Waals surface area contributed by atoms with Crippen molar-refractivity contribution in [1.29, 1.82) is 0 Å². The van der Waals surface area contributed by atoms with Crippen LogP contribution in [0.1, 0.15) is 43.6 Å². The van der Waals surface area contributed by atoms with Gasteiger partial charge in [0.05, 0.1) is 0 Å². The second kappa shape index (κ2) is 11.8. The van der Waals surface area contributed by atoms with Crippen molar-refractivity contribution in [1.82, 2.24) is 9.97 Å². The van der Waals surface area contributed by atoms with Gasteiger partial charge in [-0.1, -0.05) is 47.9 Å². The van der Waals surface area contributed by atoms with Gasteiger partial charge in [0, 0.05) is 37.2 Å². The zero-order chi connectivity index (χ0) is 27.2. The van der Waals surface area contributed by atoms with Crippen molar-refractivity contribution in [3.8, 4) is 22.5 Å². The second-order valence-corrected chi connectivity index (χ2v) is 13.1. The topological polar surface area (TPSA) is 25.8 Å². The Hall–Kier alpha value is -3.17. The number of rotatable bonds is 3. The summed E-state index contributed by atoms with van der Waals surface area (Å²) in [5.74, 6) is 4.68. The summed E-state index contributed by atoms with van der Waals surface area (Å²) in [7, 11) is 0. The molecule has 0 N–H and O–H groups in total. The third-order valence-corrected chi connectivity index (χ3v) is 10.9. The molecule has 42 heavy (non-hydrogen) atoms. The minimum Gasteiger partial charge on any atom is -0.305 e. The van der Waals surface area contributed by atoms with E-state index in [4.69, 9.17) is 0 Å². The molecule has 10 rings (SSSR count). The van der Waals surface area contributed by atoms with Crippen LogP contribution in [0.15, 0.2) is 103 Å². The van der Waals surface area contributed by atoms with Crippen LogP contribution in [0, 0.1) is 35.8 Å². The van der Waals surface area contributed by atoms with Crippen LogP contribution in [0.4, 0.5) is 0 Å². The van der Waals surface area contributed by atoms with Crippen LogP contribution in [0.2, 0.25) is 0 Å². The quantitative estimate of drug-likeness (QED) is 0.169. The molecule has 6 aromatic rings. The molecule has 0 amide bonds. The fourth-order valence-electron chi connectivity index (χ4n) is 8.26. The first kappa shape index (κ1) is 27.6. The van der Waals surface area contributed by atoms with Gasteiger partial charge in [-0.25, -0.2) is 0 Å². The number of thiophene rings is 1. The minimum absolute atomic E-state index is 0. The van der Waals surface area contributed by atoms with Gasteiger partial charge >= 0.3 is 0 Å². The van der Waals surface area contributed by atoms with Crippen molar-refractivity contribution in [3.05, 3.63) is 121 Å². The van der Waals surface area contributed by atoms with Gasteiger partial charge in [-0.2, -0.15) is 11.3 Å². The van der Waals surface area contributed by atoms with E-state index in [-0.39, 0.29) is 20.1 Å². The van der Waals surface area contributed by atoms with Gasteiger partial charge in [0.2, 0.25) is 0 Å². The molecule has 3 aromatic carbocycles. The van der Waals surface area contributed by atoms with Crippen LogP contribution in [0.3, 0.4) is 0 Å². The largest absolute Gasteiger partial charge is 0.305 e. The van der Waals surface area contributed by atoms with E-state index in [0.29, 0.717) is 0 Å². The molecular formula is C38H32IrN2S-2. The van der Waals surface area contributed by atoms with Gasteiger partial charge in [-0.05, 0) is 101 Å². The number of fused-ring (bicyclic) bond motifs is 3. The normalized spacial score (nSPS) is 23.8. The average Bonchev–Trinajstić information content (AvgIpc) is 3.42. The first-order valence-electron chi connectivity index (χ1n) is 15.0. The van der Waals surface area contributed by atoms with E-state index in [1.165, 1.54) is 52.3 Å².